The SMILES string of the molecule is Cc1cc(C)c(C(=O)[P+](=O)c2ccccc2C(=O)c2ccccc2C(Oc2ccccc2)Oc2ccccc2)c(C)c1C. The first-order valence-corrected chi connectivity index (χ1v) is 15.3. The molecule has 0 aliphatic heterocycles. The van der Waals surface area contributed by atoms with Crippen LogP contribution in [0.1, 0.15) is 60.4 Å². The molecule has 0 amide bonds. The van der Waals surface area contributed by atoms with Crippen LogP contribution in [0, 0.1) is 27.7 Å². The molecule has 0 saturated heterocycles. The third-order valence-corrected chi connectivity index (χ3v) is 8.97. The van der Waals surface area contributed by atoms with Crippen LogP contribution in [0.25, 0.3) is 0 Å². The number of hydrogen-bond acceptors (Lipinski definition) is 5. The van der Waals surface area contributed by atoms with Gasteiger partial charge >= 0.3 is 13.3 Å². The van der Waals surface area contributed by atoms with Crippen molar-refractivity contribution in [3.8, 4) is 11.5 Å². The smallest absolute Gasteiger partial charge is 0.451 e. The minimum absolute atomic E-state index is 0.196. The van der Waals surface area contributed by atoms with Crippen molar-refractivity contribution in [3.63, 3.8) is 0 Å². The van der Waals surface area contributed by atoms with E-state index in [9.17, 15) is 14.2 Å². The molecule has 43 heavy (non-hydrogen) atoms. The molecular weight excluding hydrogens is 555 g/mol. The van der Waals surface area contributed by atoms with Crippen molar-refractivity contribution in [3.05, 3.63) is 160 Å². The Labute approximate surface area is 252 Å². The van der Waals surface area contributed by atoms with Crippen LogP contribution in [0.2, 0.25) is 0 Å². The van der Waals surface area contributed by atoms with Gasteiger partial charge in [0.15, 0.2) is 5.78 Å². The van der Waals surface area contributed by atoms with Gasteiger partial charge in [0.05, 0.1) is 11.1 Å². The Kier molecular flexibility index (Phi) is 8.94. The number of rotatable bonds is 10. The molecule has 0 heterocycles. The van der Waals surface area contributed by atoms with Gasteiger partial charge in [0, 0.05) is 11.1 Å². The number of ether oxygens (including phenoxy) is 2. The lowest BCUT2D eigenvalue weighted by molar-refractivity contribution is 0.00324. The predicted octanol–water partition coefficient (Wildman–Crippen LogP) is 8.60. The van der Waals surface area contributed by atoms with Crippen molar-refractivity contribution >= 4 is 24.4 Å². The summed E-state index contributed by atoms with van der Waals surface area (Å²) in [7, 11) is -2.59. The van der Waals surface area contributed by atoms with Gasteiger partial charge in [-0.15, -0.1) is 0 Å². The largest absolute Gasteiger partial charge is 0.459 e. The van der Waals surface area contributed by atoms with Gasteiger partial charge in [-0.05, 0) is 86.3 Å². The Bertz CT molecular complexity index is 1770. The van der Waals surface area contributed by atoms with E-state index in [-0.39, 0.29) is 16.7 Å². The highest BCUT2D eigenvalue weighted by Crippen LogP contribution is 2.35. The standard InChI is InChI=1S/C37H32O5P/c1-24-23-25(2)34(27(4)26(24)3)36(39)43(40)33-22-14-13-21-32(33)35(38)30-19-11-12-20-31(30)37(41-28-15-7-5-8-16-28)42-29-17-9-6-10-18-29/h5-23,37H,1-4H3/q+1. The molecule has 5 aromatic rings. The highest BCUT2D eigenvalue weighted by molar-refractivity contribution is 7.71. The molecule has 0 aromatic heterocycles. The van der Waals surface area contributed by atoms with Gasteiger partial charge in [0.25, 0.3) is 6.29 Å². The molecule has 6 heteroatoms. The van der Waals surface area contributed by atoms with Crippen molar-refractivity contribution in [1.82, 2.24) is 0 Å². The lowest BCUT2D eigenvalue weighted by Gasteiger charge is -2.23. The van der Waals surface area contributed by atoms with Crippen LogP contribution >= 0.6 is 7.80 Å². The average molecular weight is 588 g/mol. The van der Waals surface area contributed by atoms with Crippen LogP contribution in [0.4, 0.5) is 0 Å². The Hall–Kier alpha value is -4.86. The van der Waals surface area contributed by atoms with E-state index in [0.717, 1.165) is 22.3 Å². The number of aryl methyl sites for hydroxylation is 2. The number of carbonyl (C=O) groups excluding carboxylic acids is 2. The molecule has 0 bridgehead atoms. The summed E-state index contributed by atoms with van der Waals surface area (Å²) in [5.41, 5.74) is 4.60. The van der Waals surface area contributed by atoms with Crippen molar-refractivity contribution in [1.29, 1.82) is 0 Å². The molecule has 5 rings (SSSR count). The van der Waals surface area contributed by atoms with Gasteiger partial charge in [0.2, 0.25) is 5.30 Å². The van der Waals surface area contributed by atoms with Crippen LogP contribution in [0.15, 0.2) is 115 Å². The summed E-state index contributed by atoms with van der Waals surface area (Å²) in [5, 5.41) is 0.198. The summed E-state index contributed by atoms with van der Waals surface area (Å²) in [5.74, 6) is 0.756. The fourth-order valence-electron chi connectivity index (χ4n) is 5.12. The van der Waals surface area contributed by atoms with E-state index in [1.807, 2.05) is 100 Å². The summed E-state index contributed by atoms with van der Waals surface area (Å²) in [4.78, 5) is 28.0. The maximum atomic E-state index is 14.2. The Morgan fingerprint density at radius 2 is 1.12 bits per heavy atom. The zero-order chi connectivity index (χ0) is 30.5. The topological polar surface area (TPSA) is 69.7 Å². The molecule has 214 valence electrons. The molecule has 1 atom stereocenters. The van der Waals surface area contributed by atoms with Crippen LogP contribution in [-0.4, -0.2) is 11.3 Å². The van der Waals surface area contributed by atoms with Gasteiger partial charge in [-0.1, -0.05) is 83.4 Å². The quantitative estimate of drug-likeness (QED) is 0.0930. The number of ketones is 1. The number of carbonyl (C=O) groups is 2. The second-order valence-electron chi connectivity index (χ2n) is 10.4. The third-order valence-electron chi connectivity index (χ3n) is 7.55. The summed E-state index contributed by atoms with van der Waals surface area (Å²) >= 11 is 0. The van der Waals surface area contributed by atoms with Crippen molar-refractivity contribution in [2.75, 3.05) is 0 Å². The molecule has 1 unspecified atom stereocenters. The van der Waals surface area contributed by atoms with Crippen molar-refractivity contribution in [2.45, 2.75) is 34.0 Å². The predicted molar refractivity (Wildman–Crippen MR) is 170 cm³/mol. The van der Waals surface area contributed by atoms with E-state index in [2.05, 4.69) is 0 Å². The Balaban J connectivity index is 1.55. The van der Waals surface area contributed by atoms with E-state index >= 15 is 0 Å². The number of hydrogen-bond donors (Lipinski definition) is 0. The van der Waals surface area contributed by atoms with E-state index in [1.54, 1.807) is 42.5 Å². The number of benzene rings is 5. The van der Waals surface area contributed by atoms with Crippen LogP contribution in [0.3, 0.4) is 0 Å². The zero-order valence-electron chi connectivity index (χ0n) is 24.5. The maximum Gasteiger partial charge on any atom is 0.459 e. The van der Waals surface area contributed by atoms with Crippen molar-refractivity contribution in [2.24, 2.45) is 0 Å². The summed E-state index contributed by atoms with van der Waals surface area (Å²) in [6.45, 7) is 7.67. The minimum atomic E-state index is -2.59. The molecule has 0 N–H and O–H groups in total. The molecule has 0 fully saturated rings. The molecule has 0 radical (unpaired) electrons. The van der Waals surface area contributed by atoms with Gasteiger partial charge in [0.1, 0.15) is 11.5 Å². The third kappa shape index (κ3) is 6.33. The van der Waals surface area contributed by atoms with Crippen molar-refractivity contribution < 1.29 is 23.6 Å². The van der Waals surface area contributed by atoms with E-state index in [4.69, 9.17) is 9.47 Å². The first-order chi connectivity index (χ1) is 20.8. The summed E-state index contributed by atoms with van der Waals surface area (Å²) < 4.78 is 26.4. The fourth-order valence-corrected chi connectivity index (χ4v) is 6.50. The Morgan fingerprint density at radius 3 is 1.72 bits per heavy atom. The summed E-state index contributed by atoms with van der Waals surface area (Å²) in [6.07, 6.45) is -0.965. The number of para-hydroxylation sites is 2. The first-order valence-electron chi connectivity index (χ1n) is 14.0. The molecule has 0 aliphatic carbocycles. The molecule has 5 aromatic carbocycles. The highest BCUT2D eigenvalue weighted by atomic mass is 31.1. The fraction of sp³-hybridized carbons (Fsp3) is 0.135. The zero-order valence-corrected chi connectivity index (χ0v) is 25.4. The van der Waals surface area contributed by atoms with Crippen LogP contribution in [0.5, 0.6) is 11.5 Å². The van der Waals surface area contributed by atoms with E-state index < -0.39 is 19.6 Å². The Morgan fingerprint density at radius 1 is 0.605 bits per heavy atom. The van der Waals surface area contributed by atoms with Gasteiger partial charge in [-0.25, -0.2) is 4.79 Å². The molecular formula is C37H32O5P+. The molecule has 5 nitrogen and oxygen atoms in total. The van der Waals surface area contributed by atoms with E-state index in [0.29, 0.717) is 28.2 Å². The van der Waals surface area contributed by atoms with Crippen LogP contribution < -0.4 is 14.8 Å². The van der Waals surface area contributed by atoms with Crippen LogP contribution in [-0.2, 0) is 4.57 Å². The highest BCUT2D eigenvalue weighted by Gasteiger charge is 2.39. The summed E-state index contributed by atoms with van der Waals surface area (Å²) in [6, 6.07) is 34.0. The maximum absolute atomic E-state index is 14.2. The lowest BCUT2D eigenvalue weighted by atomic mass is 9.95. The van der Waals surface area contributed by atoms with Gasteiger partial charge < -0.3 is 9.47 Å². The van der Waals surface area contributed by atoms with Gasteiger partial charge in [-0.3, -0.25) is 4.79 Å². The monoisotopic (exact) mass is 587 g/mol. The van der Waals surface area contributed by atoms with Gasteiger partial charge in [-0.2, -0.15) is 0 Å². The lowest BCUT2D eigenvalue weighted by Crippen LogP contribution is -2.21. The minimum Gasteiger partial charge on any atom is -0.451 e. The second-order valence-corrected chi connectivity index (χ2v) is 11.8. The normalized spacial score (nSPS) is 11.2. The molecule has 0 aliphatic rings. The molecule has 0 saturated carbocycles. The second kappa shape index (κ2) is 13.0. The van der Waals surface area contributed by atoms with E-state index in [1.165, 1.54) is 0 Å². The average Bonchev–Trinajstić information content (AvgIpc) is 3.03. The molecule has 0 spiro atoms. The first kappa shape index (κ1) is 29.6.